The minimum Gasteiger partial charge on any atom is -0.351 e. The molecule has 0 unspecified atom stereocenters. The number of halogens is 2. The van der Waals surface area contributed by atoms with E-state index in [-0.39, 0.29) is 86.2 Å². The molecule has 0 aliphatic carbocycles. The fourth-order valence-corrected chi connectivity index (χ4v) is 14.7. The van der Waals surface area contributed by atoms with Gasteiger partial charge in [-0.1, -0.05) is 195 Å². The number of H-pyrrole nitrogens is 5. The van der Waals surface area contributed by atoms with Gasteiger partial charge in [0.15, 0.2) is 0 Å². The number of benzene rings is 10. The Bertz CT molecular complexity index is 5840. The number of para-hydroxylation sites is 1. The number of aryl methyl sites for hydroxylation is 3. The molecule has 5 atom stereocenters. The van der Waals surface area contributed by atoms with E-state index in [1.54, 1.807) is 24.3 Å². The molecule has 15 aromatic rings. The average molecular weight is 1780 g/mol. The SMILES string of the molecule is C.C.Cc1ccc(-c2ccc3cc(C(=O)NC[C@@H](N)CCN)[nH]c3c2)cc1.Cc1ccc(-c2ccc3cc(C(=O)NC[C@H](N)CCCN)[nH]c3c2)cc1.Cc1ccc(-c2ccc3cc(C(=O)NC[C@H](N)CCCN)[nH]c3c2)cc1.NCCC[C@H](N)CNC(=O)c1cc2c(-c3ccc(F)cc3)cccc2[nH]1.NCCC[C@H](N)CNC(=O)c1cc2cccc(-c3ccc(F)cc3)c2[nH]1. The highest BCUT2D eigenvalue weighted by Crippen LogP contribution is 2.33. The maximum atomic E-state index is 13.2. The topological polar surface area (TPSA) is 485 Å². The minimum absolute atomic E-state index is 0. The third-order valence-corrected chi connectivity index (χ3v) is 22.2. The van der Waals surface area contributed by atoms with Gasteiger partial charge in [-0.25, -0.2) is 8.78 Å². The van der Waals surface area contributed by atoms with Crippen molar-refractivity contribution in [2.45, 2.75) is 124 Å². The molecule has 5 amide bonds. The fourth-order valence-electron chi connectivity index (χ4n) is 14.7. The monoisotopic (exact) mass is 1780 g/mol. The summed E-state index contributed by atoms with van der Waals surface area (Å²) in [5, 5.41) is 19.2. The van der Waals surface area contributed by atoms with Crippen LogP contribution in [0.5, 0.6) is 0 Å². The molecule has 27 heteroatoms. The maximum Gasteiger partial charge on any atom is 0.267 e. The number of nitrogens with one attached hydrogen (secondary N) is 10. The van der Waals surface area contributed by atoms with Crippen LogP contribution < -0.4 is 83.9 Å². The average Bonchev–Trinajstić information content (AvgIpc) is 1.66. The molecule has 0 bridgehead atoms. The molecular formula is C104H130F2N20O5. The fraction of sp³-hybridized carbons (Fsp3) is 0.279. The van der Waals surface area contributed by atoms with Crippen LogP contribution in [-0.2, 0) is 0 Å². The first-order valence-electron chi connectivity index (χ1n) is 43.9. The molecule has 0 saturated heterocycles. The zero-order chi connectivity index (χ0) is 91.9. The Hall–Kier alpha value is -13.3. The van der Waals surface area contributed by atoms with Crippen LogP contribution in [0.15, 0.2) is 243 Å². The van der Waals surface area contributed by atoms with Gasteiger partial charge in [0.25, 0.3) is 29.5 Å². The molecule has 0 fully saturated rings. The van der Waals surface area contributed by atoms with Crippen molar-refractivity contribution in [2.24, 2.45) is 57.3 Å². The van der Waals surface area contributed by atoms with Gasteiger partial charge in [0.2, 0.25) is 0 Å². The van der Waals surface area contributed by atoms with Gasteiger partial charge in [-0.2, -0.15) is 0 Å². The minimum atomic E-state index is -0.279. The molecule has 131 heavy (non-hydrogen) atoms. The number of aromatic nitrogens is 5. The van der Waals surface area contributed by atoms with Crippen molar-refractivity contribution in [3.63, 3.8) is 0 Å². The van der Waals surface area contributed by atoms with E-state index in [2.05, 4.69) is 181 Å². The molecule has 0 spiro atoms. The van der Waals surface area contributed by atoms with E-state index in [0.717, 1.165) is 162 Å². The molecule has 5 heterocycles. The Morgan fingerprint density at radius 1 is 0.282 bits per heavy atom. The molecule has 690 valence electrons. The lowest BCUT2D eigenvalue weighted by Gasteiger charge is -2.11. The molecule has 25 nitrogen and oxygen atoms in total. The van der Waals surface area contributed by atoms with E-state index < -0.39 is 0 Å². The highest BCUT2D eigenvalue weighted by atomic mass is 19.1. The highest BCUT2D eigenvalue weighted by molar-refractivity contribution is 6.05. The predicted octanol–water partition coefficient (Wildman–Crippen LogP) is 15.2. The Labute approximate surface area is 765 Å². The zero-order valence-electron chi connectivity index (χ0n) is 73.5. The highest BCUT2D eigenvalue weighted by Gasteiger charge is 2.20. The smallest absolute Gasteiger partial charge is 0.267 e. The van der Waals surface area contributed by atoms with Crippen LogP contribution in [0.1, 0.15) is 142 Å². The number of nitrogens with two attached hydrogens (primary N) is 10. The first-order chi connectivity index (χ1) is 62.3. The van der Waals surface area contributed by atoms with Crippen LogP contribution in [-0.4, -0.2) is 150 Å². The standard InChI is InChI=1S/2C21H26N4O.2C20H23FN4O.C20H24N4O.2CH4/c2*1-14-4-6-15(7-5-14)16-8-9-17-12-20(25-19(17)11-16)21(26)24-13-18(23)3-2-10-22;21-14-8-6-13(7-9-14)16-4-1-5-18-17(16)11-19(25-18)20(26)24-12-15(23)3-2-10-22;21-15-8-6-13(7-9-15)17-5-1-3-14-11-18(25-19(14)17)20(26)24-12-16(23)4-2-10-22;1-13-2-4-14(5-3-13)15-6-7-16-11-19(24-18(16)10-15)20(25)23-12-17(22)8-9-21;;/h2*4-9,11-12,18,25H,2-3,10,13,22-23H2,1H3,(H,24,26);1,4-9,11,15,25H,2-3,10,12,22-23H2,(H,24,26);1,3,5-9,11,16,25H,2,4,10,12,22-23H2,(H,24,26);2-7,10-11,17,24H,8-9,12,21-22H2,1H3,(H,23,25);2*1H4/t2*18-;15-;16-;17-;;/m11000../s1. The molecule has 0 saturated carbocycles. The summed E-state index contributed by atoms with van der Waals surface area (Å²) < 4.78 is 26.4. The normalized spacial score (nSPS) is 12.1. The second-order valence-corrected chi connectivity index (χ2v) is 32.6. The van der Waals surface area contributed by atoms with E-state index in [1.807, 2.05) is 84.9 Å². The van der Waals surface area contributed by atoms with E-state index in [1.165, 1.54) is 41.0 Å². The van der Waals surface area contributed by atoms with Gasteiger partial charge in [-0.3, -0.25) is 24.0 Å². The lowest BCUT2D eigenvalue weighted by Crippen LogP contribution is -2.38. The Morgan fingerprint density at radius 3 is 0.893 bits per heavy atom. The number of carbonyl (C=O) groups excluding carboxylic acids is 5. The number of rotatable bonds is 34. The molecule has 0 radical (unpaired) electrons. The van der Waals surface area contributed by atoms with E-state index in [4.69, 9.17) is 57.3 Å². The molecule has 0 aliphatic heterocycles. The summed E-state index contributed by atoms with van der Waals surface area (Å²) >= 11 is 0. The molecule has 30 N–H and O–H groups in total. The van der Waals surface area contributed by atoms with Crippen molar-refractivity contribution in [2.75, 3.05) is 65.4 Å². The van der Waals surface area contributed by atoms with Gasteiger partial charge in [-0.15, -0.1) is 0 Å². The van der Waals surface area contributed by atoms with Crippen molar-refractivity contribution < 1.29 is 32.8 Å². The van der Waals surface area contributed by atoms with E-state index in [0.29, 0.717) is 100 Å². The molecule has 10 aromatic carbocycles. The second kappa shape index (κ2) is 50.6. The van der Waals surface area contributed by atoms with Crippen molar-refractivity contribution in [3.05, 3.63) is 299 Å². The van der Waals surface area contributed by atoms with Crippen molar-refractivity contribution >= 4 is 84.1 Å². The summed E-state index contributed by atoms with van der Waals surface area (Å²) in [6, 6.07) is 76.6. The molecule has 5 aromatic heterocycles. The summed E-state index contributed by atoms with van der Waals surface area (Å²) in [6.07, 6.45) is 7.27. The van der Waals surface area contributed by atoms with Gasteiger partial charge < -0.3 is 109 Å². The van der Waals surface area contributed by atoms with Crippen molar-refractivity contribution in [1.29, 1.82) is 0 Å². The third-order valence-electron chi connectivity index (χ3n) is 22.2. The first-order valence-corrected chi connectivity index (χ1v) is 43.9. The number of hydrogen-bond donors (Lipinski definition) is 20. The van der Waals surface area contributed by atoms with Crippen LogP contribution >= 0.6 is 0 Å². The van der Waals surface area contributed by atoms with E-state index >= 15 is 0 Å². The second-order valence-electron chi connectivity index (χ2n) is 32.6. The largest absolute Gasteiger partial charge is 0.351 e. The van der Waals surface area contributed by atoms with Crippen LogP contribution in [0.2, 0.25) is 0 Å². The van der Waals surface area contributed by atoms with Gasteiger partial charge in [0.1, 0.15) is 40.1 Å². The van der Waals surface area contributed by atoms with Gasteiger partial charge in [0, 0.05) is 117 Å². The molecule has 0 aliphatic rings. The van der Waals surface area contributed by atoms with E-state index in [9.17, 15) is 32.8 Å². The number of fused-ring (bicyclic) bond motifs is 5. The Kier molecular flexibility index (Phi) is 39.2. The predicted molar refractivity (Wildman–Crippen MR) is 535 cm³/mol. The molecule has 15 rings (SSSR count). The van der Waals surface area contributed by atoms with Crippen LogP contribution in [0.25, 0.3) is 110 Å². The van der Waals surface area contributed by atoms with Crippen LogP contribution in [0.4, 0.5) is 8.78 Å². The quantitative estimate of drug-likeness (QED) is 0.0178. The lowest BCUT2D eigenvalue weighted by atomic mass is 10.0. The Balaban J connectivity index is 0.000000184. The summed E-state index contributed by atoms with van der Waals surface area (Å²) in [5.74, 6) is -1.38. The molecular weight excluding hydrogens is 1650 g/mol. The number of hydrogen-bond acceptors (Lipinski definition) is 15. The first kappa shape index (κ1) is 101. The number of amides is 5. The van der Waals surface area contributed by atoms with Gasteiger partial charge >= 0.3 is 0 Å². The van der Waals surface area contributed by atoms with Crippen LogP contribution in [0.3, 0.4) is 0 Å². The number of carbonyl (C=O) groups is 5. The van der Waals surface area contributed by atoms with Crippen molar-refractivity contribution in [3.8, 4) is 55.6 Å². The summed E-state index contributed by atoms with van der Waals surface area (Å²) in [7, 11) is 0. The number of aromatic amines is 5. The summed E-state index contributed by atoms with van der Waals surface area (Å²) in [6.45, 7) is 11.3. The van der Waals surface area contributed by atoms with Crippen LogP contribution in [0, 0.1) is 32.4 Å². The third kappa shape index (κ3) is 29.6. The summed E-state index contributed by atoms with van der Waals surface area (Å²) in [4.78, 5) is 77.8. The zero-order valence-corrected chi connectivity index (χ0v) is 73.5. The van der Waals surface area contributed by atoms with Gasteiger partial charge in [-0.05, 0) is 240 Å². The van der Waals surface area contributed by atoms with Gasteiger partial charge in [0.05, 0.1) is 5.52 Å². The Morgan fingerprint density at radius 2 is 0.557 bits per heavy atom. The van der Waals surface area contributed by atoms with Crippen molar-refractivity contribution in [1.82, 2.24) is 51.5 Å². The summed E-state index contributed by atoms with van der Waals surface area (Å²) in [5.41, 5.74) is 78.4. The lowest BCUT2D eigenvalue weighted by molar-refractivity contribution is 0.0938. The maximum absolute atomic E-state index is 13.2.